The molecule has 0 radical (unpaired) electrons. The second-order valence-electron chi connectivity index (χ2n) is 5.23. The lowest BCUT2D eigenvalue weighted by Gasteiger charge is -2.16. The van der Waals surface area contributed by atoms with E-state index in [1.807, 2.05) is 11.7 Å². The Labute approximate surface area is 121 Å². The van der Waals surface area contributed by atoms with Crippen LogP contribution in [0.15, 0.2) is 31.0 Å². The van der Waals surface area contributed by atoms with Gasteiger partial charge in [-0.05, 0) is 6.42 Å². The van der Waals surface area contributed by atoms with Gasteiger partial charge in [0.15, 0.2) is 5.65 Å². The number of aryl methyl sites for hydroxylation is 1. The van der Waals surface area contributed by atoms with Crippen LogP contribution in [-0.2, 0) is 7.05 Å². The smallest absolute Gasteiger partial charge is 0.176 e. The quantitative estimate of drug-likeness (QED) is 0.701. The Hall–Kier alpha value is -2.57. The van der Waals surface area contributed by atoms with Gasteiger partial charge in [-0.1, -0.05) is 0 Å². The number of rotatable bonds is 2. The van der Waals surface area contributed by atoms with Crippen LogP contribution in [0.4, 0.5) is 5.82 Å². The van der Waals surface area contributed by atoms with E-state index in [1.54, 1.807) is 31.0 Å². The zero-order chi connectivity index (χ0) is 14.2. The average molecular weight is 281 g/mol. The minimum absolute atomic E-state index is 0.354. The van der Waals surface area contributed by atoms with E-state index < -0.39 is 0 Å². The minimum Gasteiger partial charge on any atom is -0.355 e. The van der Waals surface area contributed by atoms with Crippen molar-refractivity contribution >= 4 is 17.0 Å². The van der Waals surface area contributed by atoms with Crippen LogP contribution >= 0.6 is 0 Å². The molecule has 3 aromatic heterocycles. The summed E-state index contributed by atoms with van der Waals surface area (Å²) in [6.45, 7) is 1.85. The molecule has 1 atom stereocenters. The van der Waals surface area contributed by atoms with Crippen LogP contribution in [0.2, 0.25) is 0 Å². The molecule has 0 bridgehead atoms. The van der Waals surface area contributed by atoms with Crippen molar-refractivity contribution < 1.29 is 0 Å². The Kier molecular flexibility index (Phi) is 2.77. The molecule has 0 spiro atoms. The molecule has 1 fully saturated rings. The summed E-state index contributed by atoms with van der Waals surface area (Å²) >= 11 is 0. The summed E-state index contributed by atoms with van der Waals surface area (Å²) in [6.07, 6.45) is 9.69. The van der Waals surface area contributed by atoms with Gasteiger partial charge in [-0.15, -0.1) is 0 Å². The van der Waals surface area contributed by atoms with Crippen molar-refractivity contribution in [1.82, 2.24) is 29.7 Å². The molecule has 21 heavy (non-hydrogen) atoms. The fourth-order valence-electron chi connectivity index (χ4n) is 2.93. The van der Waals surface area contributed by atoms with E-state index >= 15 is 0 Å². The van der Waals surface area contributed by atoms with Crippen LogP contribution in [0, 0.1) is 0 Å². The lowest BCUT2D eigenvalue weighted by Crippen LogP contribution is -2.20. The average Bonchev–Trinajstić information content (AvgIpc) is 3.14. The first kappa shape index (κ1) is 12.2. The van der Waals surface area contributed by atoms with Gasteiger partial charge >= 0.3 is 0 Å². The number of hydrogen-bond acceptors (Lipinski definition) is 6. The predicted octanol–water partition coefficient (Wildman–Crippen LogP) is 1.15. The molecule has 4 rings (SSSR count). The standard InChI is InChI=1S/C14H15N7/c1-20-14-13(17-5-6-18-14)12(19-20)10-2-7-21(9-10)11-8-15-3-4-16-11/h3-6,8,10H,2,7,9H2,1H3/t10-/m1/s1. The molecule has 1 aliphatic rings. The normalized spacial score (nSPS) is 18.5. The van der Waals surface area contributed by atoms with Crippen molar-refractivity contribution in [1.29, 1.82) is 0 Å². The molecule has 7 nitrogen and oxygen atoms in total. The fourth-order valence-corrected chi connectivity index (χ4v) is 2.93. The molecule has 0 N–H and O–H groups in total. The molecular formula is C14H15N7. The summed E-state index contributed by atoms with van der Waals surface area (Å²) in [5.41, 5.74) is 2.78. The zero-order valence-electron chi connectivity index (χ0n) is 11.7. The number of aromatic nitrogens is 6. The molecule has 3 aromatic rings. The highest BCUT2D eigenvalue weighted by atomic mass is 15.3. The van der Waals surface area contributed by atoms with Crippen molar-refractivity contribution in [3.8, 4) is 0 Å². The van der Waals surface area contributed by atoms with Gasteiger partial charge in [-0.3, -0.25) is 4.98 Å². The third kappa shape index (κ3) is 2.01. The Morgan fingerprint density at radius 3 is 2.81 bits per heavy atom. The first-order chi connectivity index (χ1) is 10.3. The Morgan fingerprint density at radius 2 is 1.95 bits per heavy atom. The predicted molar refractivity (Wildman–Crippen MR) is 77.9 cm³/mol. The lowest BCUT2D eigenvalue weighted by molar-refractivity contribution is 0.692. The Morgan fingerprint density at radius 1 is 1.10 bits per heavy atom. The van der Waals surface area contributed by atoms with Gasteiger partial charge in [0, 0.05) is 50.8 Å². The zero-order valence-corrected chi connectivity index (χ0v) is 11.7. The van der Waals surface area contributed by atoms with Crippen LogP contribution in [-0.4, -0.2) is 42.8 Å². The first-order valence-corrected chi connectivity index (χ1v) is 6.97. The van der Waals surface area contributed by atoms with Crippen LogP contribution in [0.1, 0.15) is 18.0 Å². The van der Waals surface area contributed by atoms with Crippen molar-refractivity contribution in [3.05, 3.63) is 36.7 Å². The van der Waals surface area contributed by atoms with Gasteiger partial charge in [-0.2, -0.15) is 5.10 Å². The van der Waals surface area contributed by atoms with E-state index in [1.165, 1.54) is 0 Å². The Bertz CT molecular complexity index is 767. The van der Waals surface area contributed by atoms with Crippen molar-refractivity contribution in [3.63, 3.8) is 0 Å². The number of nitrogens with zero attached hydrogens (tertiary/aromatic N) is 7. The topological polar surface area (TPSA) is 72.6 Å². The molecule has 0 unspecified atom stereocenters. The van der Waals surface area contributed by atoms with Gasteiger partial charge in [0.1, 0.15) is 11.3 Å². The minimum atomic E-state index is 0.354. The number of fused-ring (bicyclic) bond motifs is 1. The van der Waals surface area contributed by atoms with Gasteiger partial charge in [0.25, 0.3) is 0 Å². The number of anilines is 1. The third-order valence-corrected chi connectivity index (χ3v) is 3.93. The molecule has 0 aromatic carbocycles. The molecule has 1 saturated heterocycles. The molecular weight excluding hydrogens is 266 g/mol. The van der Waals surface area contributed by atoms with Crippen molar-refractivity contribution in [2.24, 2.45) is 7.05 Å². The van der Waals surface area contributed by atoms with E-state index in [9.17, 15) is 0 Å². The molecule has 106 valence electrons. The first-order valence-electron chi connectivity index (χ1n) is 6.97. The summed E-state index contributed by atoms with van der Waals surface area (Å²) in [6, 6.07) is 0. The summed E-state index contributed by atoms with van der Waals surface area (Å²) < 4.78 is 1.81. The molecule has 7 heteroatoms. The van der Waals surface area contributed by atoms with E-state index in [0.717, 1.165) is 42.2 Å². The second-order valence-corrected chi connectivity index (χ2v) is 5.23. The maximum absolute atomic E-state index is 4.63. The van der Waals surface area contributed by atoms with E-state index in [-0.39, 0.29) is 0 Å². The summed E-state index contributed by atoms with van der Waals surface area (Å²) in [5, 5.41) is 4.63. The maximum atomic E-state index is 4.63. The highest BCUT2D eigenvalue weighted by Gasteiger charge is 2.29. The number of hydrogen-bond donors (Lipinski definition) is 0. The highest BCUT2D eigenvalue weighted by molar-refractivity contribution is 5.73. The molecule has 1 aliphatic heterocycles. The van der Waals surface area contributed by atoms with Crippen LogP contribution in [0.25, 0.3) is 11.2 Å². The van der Waals surface area contributed by atoms with Gasteiger partial charge in [0.2, 0.25) is 0 Å². The molecule has 4 heterocycles. The van der Waals surface area contributed by atoms with Crippen LogP contribution < -0.4 is 4.90 Å². The van der Waals surface area contributed by atoms with Crippen LogP contribution in [0.3, 0.4) is 0 Å². The van der Waals surface area contributed by atoms with Gasteiger partial charge in [0.05, 0.1) is 11.9 Å². The summed E-state index contributed by atoms with van der Waals surface area (Å²) in [5.74, 6) is 1.28. The SMILES string of the molecule is Cn1nc([C@@H]2CCN(c3cnccn3)C2)c2nccnc21. The monoisotopic (exact) mass is 281 g/mol. The third-order valence-electron chi connectivity index (χ3n) is 3.93. The van der Waals surface area contributed by atoms with E-state index in [2.05, 4.69) is 29.9 Å². The van der Waals surface area contributed by atoms with Crippen molar-refractivity contribution in [2.75, 3.05) is 18.0 Å². The van der Waals surface area contributed by atoms with Crippen molar-refractivity contribution in [2.45, 2.75) is 12.3 Å². The molecule has 0 aliphatic carbocycles. The molecule has 0 saturated carbocycles. The lowest BCUT2D eigenvalue weighted by atomic mass is 10.0. The van der Waals surface area contributed by atoms with Crippen LogP contribution in [0.5, 0.6) is 0 Å². The second kappa shape index (κ2) is 4.76. The van der Waals surface area contributed by atoms with Gasteiger partial charge < -0.3 is 4.90 Å². The maximum Gasteiger partial charge on any atom is 0.176 e. The Balaban J connectivity index is 1.66. The fraction of sp³-hybridized carbons (Fsp3) is 0.357. The van der Waals surface area contributed by atoms with E-state index in [0.29, 0.717) is 5.92 Å². The molecule has 0 amide bonds. The largest absolute Gasteiger partial charge is 0.355 e. The van der Waals surface area contributed by atoms with Gasteiger partial charge in [-0.25, -0.2) is 19.6 Å². The summed E-state index contributed by atoms with van der Waals surface area (Å²) in [7, 11) is 1.91. The summed E-state index contributed by atoms with van der Waals surface area (Å²) in [4.78, 5) is 19.5. The van der Waals surface area contributed by atoms with E-state index in [4.69, 9.17) is 0 Å². The highest BCUT2D eigenvalue weighted by Crippen LogP contribution is 2.31.